The second-order valence-electron chi connectivity index (χ2n) is 5.28. The van der Waals surface area contributed by atoms with Gasteiger partial charge in [-0.15, -0.1) is 0 Å². The third kappa shape index (κ3) is 3.72. The van der Waals surface area contributed by atoms with Crippen LogP contribution in [0, 0.1) is 6.92 Å². The number of carbonyl (C=O) groups is 1. The summed E-state index contributed by atoms with van der Waals surface area (Å²) in [6.07, 6.45) is 3.49. The van der Waals surface area contributed by atoms with Crippen molar-refractivity contribution < 1.29 is 4.79 Å². The van der Waals surface area contributed by atoms with Crippen molar-refractivity contribution in [1.82, 2.24) is 15.1 Å². The average molecular weight is 285 g/mol. The average Bonchev–Trinajstić information content (AvgIpc) is 2.94. The molecule has 4 nitrogen and oxygen atoms in total. The minimum atomic E-state index is -0.0617. The van der Waals surface area contributed by atoms with E-state index in [-0.39, 0.29) is 11.9 Å². The summed E-state index contributed by atoms with van der Waals surface area (Å²) in [7, 11) is 0. The zero-order chi connectivity index (χ0) is 15.2. The fourth-order valence-electron chi connectivity index (χ4n) is 2.37. The lowest BCUT2D eigenvalue weighted by Crippen LogP contribution is -2.30. The van der Waals surface area contributed by atoms with Gasteiger partial charge in [0.05, 0.1) is 6.04 Å². The van der Waals surface area contributed by atoms with Gasteiger partial charge in [-0.1, -0.05) is 43.7 Å². The lowest BCUT2D eigenvalue weighted by molar-refractivity contribution is 0.0924. The Kier molecular flexibility index (Phi) is 5.14. The normalized spacial score (nSPS) is 12.1. The molecule has 0 radical (unpaired) electrons. The van der Waals surface area contributed by atoms with Gasteiger partial charge in [0.25, 0.3) is 5.91 Å². The van der Waals surface area contributed by atoms with Crippen molar-refractivity contribution >= 4 is 5.91 Å². The first-order valence-electron chi connectivity index (χ1n) is 7.55. The van der Waals surface area contributed by atoms with Gasteiger partial charge in [-0.2, -0.15) is 5.10 Å². The first-order valence-corrected chi connectivity index (χ1v) is 7.55. The van der Waals surface area contributed by atoms with Crippen LogP contribution in [0.3, 0.4) is 0 Å². The number of hydrogen-bond acceptors (Lipinski definition) is 2. The summed E-state index contributed by atoms with van der Waals surface area (Å²) in [5, 5.41) is 7.30. The number of nitrogens with one attached hydrogen (secondary N) is 1. The molecule has 0 aliphatic heterocycles. The number of hydrogen-bond donors (Lipinski definition) is 1. The highest BCUT2D eigenvalue weighted by atomic mass is 16.2. The highest BCUT2D eigenvalue weighted by Crippen LogP contribution is 2.18. The molecule has 0 bridgehead atoms. The van der Waals surface area contributed by atoms with Crippen LogP contribution in [-0.2, 0) is 6.54 Å². The van der Waals surface area contributed by atoms with Crippen molar-refractivity contribution in [2.75, 3.05) is 0 Å². The van der Waals surface area contributed by atoms with Crippen molar-refractivity contribution in [2.24, 2.45) is 0 Å². The van der Waals surface area contributed by atoms with E-state index in [4.69, 9.17) is 0 Å². The van der Waals surface area contributed by atoms with E-state index in [1.54, 1.807) is 16.9 Å². The molecule has 1 amide bonds. The van der Waals surface area contributed by atoms with Crippen LogP contribution in [0.25, 0.3) is 0 Å². The number of carbonyl (C=O) groups excluding carboxylic acids is 1. The smallest absolute Gasteiger partial charge is 0.270 e. The summed E-state index contributed by atoms with van der Waals surface area (Å²) < 4.78 is 1.76. The zero-order valence-corrected chi connectivity index (χ0v) is 13.0. The number of benzene rings is 1. The van der Waals surface area contributed by atoms with Gasteiger partial charge in [-0.25, -0.2) is 0 Å². The Morgan fingerprint density at radius 3 is 2.57 bits per heavy atom. The van der Waals surface area contributed by atoms with E-state index in [1.807, 2.05) is 0 Å². The Morgan fingerprint density at radius 1 is 1.24 bits per heavy atom. The molecule has 1 aromatic carbocycles. The molecule has 0 saturated heterocycles. The molecule has 1 atom stereocenters. The summed E-state index contributed by atoms with van der Waals surface area (Å²) in [6, 6.07) is 10.1. The number of amides is 1. The summed E-state index contributed by atoms with van der Waals surface area (Å²) >= 11 is 0. The van der Waals surface area contributed by atoms with E-state index >= 15 is 0 Å². The monoisotopic (exact) mass is 285 g/mol. The SMILES string of the molecule is CCCn1nccc1C(=O)NC(CC)c1ccc(C)cc1. The molecule has 1 N–H and O–H groups in total. The van der Waals surface area contributed by atoms with E-state index in [0.717, 1.165) is 24.9 Å². The fraction of sp³-hybridized carbons (Fsp3) is 0.412. The van der Waals surface area contributed by atoms with Gasteiger partial charge in [0.1, 0.15) is 5.69 Å². The zero-order valence-electron chi connectivity index (χ0n) is 13.0. The van der Waals surface area contributed by atoms with Crippen LogP contribution in [0.15, 0.2) is 36.5 Å². The quantitative estimate of drug-likeness (QED) is 0.883. The first kappa shape index (κ1) is 15.3. The molecule has 0 aliphatic rings. The highest BCUT2D eigenvalue weighted by Gasteiger charge is 2.17. The van der Waals surface area contributed by atoms with Crippen molar-refractivity contribution in [3.05, 3.63) is 53.3 Å². The summed E-state index contributed by atoms with van der Waals surface area (Å²) in [6.45, 7) is 6.97. The standard InChI is InChI=1S/C17H23N3O/c1-4-12-20-16(10-11-18-20)17(21)19-15(5-2)14-8-6-13(3)7-9-14/h6-11,15H,4-5,12H2,1-3H3,(H,19,21). The van der Waals surface area contributed by atoms with Crippen LogP contribution in [-0.4, -0.2) is 15.7 Å². The molecule has 4 heteroatoms. The van der Waals surface area contributed by atoms with Gasteiger partial charge in [0.15, 0.2) is 0 Å². The predicted octanol–water partition coefficient (Wildman–Crippen LogP) is 3.48. The van der Waals surface area contributed by atoms with Crippen molar-refractivity contribution in [3.63, 3.8) is 0 Å². The maximum Gasteiger partial charge on any atom is 0.270 e. The van der Waals surface area contributed by atoms with E-state index in [1.165, 1.54) is 5.56 Å². The molecule has 2 rings (SSSR count). The molecule has 0 fully saturated rings. The minimum absolute atomic E-state index is 0.0306. The maximum atomic E-state index is 12.4. The Labute approximate surface area is 126 Å². The maximum absolute atomic E-state index is 12.4. The number of aryl methyl sites for hydroxylation is 2. The van der Waals surface area contributed by atoms with Gasteiger partial charge in [0.2, 0.25) is 0 Å². The molecule has 1 heterocycles. The topological polar surface area (TPSA) is 46.9 Å². The van der Waals surface area contributed by atoms with Crippen molar-refractivity contribution in [2.45, 2.75) is 46.2 Å². The molecule has 1 unspecified atom stereocenters. The van der Waals surface area contributed by atoms with E-state index < -0.39 is 0 Å². The molecule has 21 heavy (non-hydrogen) atoms. The number of aromatic nitrogens is 2. The molecule has 112 valence electrons. The highest BCUT2D eigenvalue weighted by molar-refractivity contribution is 5.92. The lowest BCUT2D eigenvalue weighted by atomic mass is 10.0. The minimum Gasteiger partial charge on any atom is -0.344 e. The second-order valence-corrected chi connectivity index (χ2v) is 5.28. The molecule has 0 spiro atoms. The Morgan fingerprint density at radius 2 is 1.95 bits per heavy atom. The van der Waals surface area contributed by atoms with Crippen LogP contribution in [0.2, 0.25) is 0 Å². The predicted molar refractivity (Wildman–Crippen MR) is 84.2 cm³/mol. The van der Waals surface area contributed by atoms with Crippen molar-refractivity contribution in [1.29, 1.82) is 0 Å². The molecule has 1 aromatic heterocycles. The lowest BCUT2D eigenvalue weighted by Gasteiger charge is -2.18. The van der Waals surface area contributed by atoms with Gasteiger partial charge >= 0.3 is 0 Å². The van der Waals surface area contributed by atoms with Crippen LogP contribution in [0.1, 0.15) is 54.3 Å². The number of rotatable bonds is 6. The van der Waals surface area contributed by atoms with Crippen LogP contribution < -0.4 is 5.32 Å². The largest absolute Gasteiger partial charge is 0.344 e. The third-order valence-corrected chi connectivity index (χ3v) is 3.58. The van der Waals surface area contributed by atoms with Crippen LogP contribution >= 0.6 is 0 Å². The molecule has 2 aromatic rings. The Bertz CT molecular complexity index is 586. The van der Waals surface area contributed by atoms with E-state index in [2.05, 4.69) is 55.5 Å². The van der Waals surface area contributed by atoms with Crippen LogP contribution in [0.4, 0.5) is 0 Å². The molecule has 0 aliphatic carbocycles. The molecule has 0 saturated carbocycles. The van der Waals surface area contributed by atoms with Gasteiger partial charge in [0, 0.05) is 12.7 Å². The molecular formula is C17H23N3O. The molecular weight excluding hydrogens is 262 g/mol. The fourth-order valence-corrected chi connectivity index (χ4v) is 2.37. The van der Waals surface area contributed by atoms with Gasteiger partial charge < -0.3 is 5.32 Å². The first-order chi connectivity index (χ1) is 10.2. The van der Waals surface area contributed by atoms with E-state index in [9.17, 15) is 4.79 Å². The van der Waals surface area contributed by atoms with Gasteiger partial charge in [-0.05, 0) is 31.4 Å². The van der Waals surface area contributed by atoms with Gasteiger partial charge in [-0.3, -0.25) is 9.48 Å². The summed E-state index contributed by atoms with van der Waals surface area (Å²) in [4.78, 5) is 12.4. The Hall–Kier alpha value is -2.10. The third-order valence-electron chi connectivity index (χ3n) is 3.58. The number of nitrogens with zero attached hydrogens (tertiary/aromatic N) is 2. The van der Waals surface area contributed by atoms with Crippen molar-refractivity contribution in [3.8, 4) is 0 Å². The Balaban J connectivity index is 2.12. The summed E-state index contributed by atoms with van der Waals surface area (Å²) in [5.74, 6) is -0.0617. The van der Waals surface area contributed by atoms with E-state index in [0.29, 0.717) is 5.69 Å². The summed E-state index contributed by atoms with van der Waals surface area (Å²) in [5.41, 5.74) is 2.99. The second kappa shape index (κ2) is 7.07. The van der Waals surface area contributed by atoms with Crippen LogP contribution in [0.5, 0.6) is 0 Å².